The Balaban J connectivity index is 2.67. The number of carbonyl (C=O) groups excluding carboxylic acids is 2. The molecule has 0 radical (unpaired) electrons. The number of hydrazine groups is 1. The molecular formula is C19H30N4O3S. The highest BCUT2D eigenvalue weighted by molar-refractivity contribution is 7.80. The summed E-state index contributed by atoms with van der Waals surface area (Å²) in [4.78, 5) is 24.9. The predicted octanol–water partition coefficient (Wildman–Crippen LogP) is 2.13. The number of nitrogens with one attached hydrogen (secondary N) is 4. The minimum Gasteiger partial charge on any atom is -0.494 e. The summed E-state index contributed by atoms with van der Waals surface area (Å²) in [5.41, 5.74) is 5.43. The van der Waals surface area contributed by atoms with E-state index in [0.717, 1.165) is 0 Å². The van der Waals surface area contributed by atoms with E-state index >= 15 is 0 Å². The Morgan fingerprint density at radius 3 is 2.19 bits per heavy atom. The van der Waals surface area contributed by atoms with Crippen LogP contribution in [-0.2, 0) is 4.79 Å². The number of rotatable bonds is 6. The van der Waals surface area contributed by atoms with Crippen LogP contribution in [0.3, 0.4) is 0 Å². The minimum atomic E-state index is -0.714. The van der Waals surface area contributed by atoms with Gasteiger partial charge in [-0.3, -0.25) is 20.4 Å². The van der Waals surface area contributed by atoms with Crippen LogP contribution in [-0.4, -0.2) is 35.1 Å². The van der Waals surface area contributed by atoms with Crippen molar-refractivity contribution in [1.29, 1.82) is 0 Å². The summed E-state index contributed by atoms with van der Waals surface area (Å²) < 4.78 is 5.36. The Morgan fingerprint density at radius 1 is 1.11 bits per heavy atom. The monoisotopic (exact) mass is 394 g/mol. The van der Waals surface area contributed by atoms with E-state index in [1.807, 2.05) is 41.5 Å². The van der Waals surface area contributed by atoms with Gasteiger partial charge in [-0.05, 0) is 70.1 Å². The molecule has 0 saturated heterocycles. The molecule has 1 rings (SSSR count). The fourth-order valence-corrected chi connectivity index (χ4v) is 2.55. The third kappa shape index (κ3) is 8.25. The van der Waals surface area contributed by atoms with E-state index in [0.29, 0.717) is 23.0 Å². The highest BCUT2D eigenvalue weighted by Crippen LogP contribution is 2.13. The van der Waals surface area contributed by atoms with E-state index in [1.165, 1.54) is 0 Å². The van der Waals surface area contributed by atoms with E-state index in [9.17, 15) is 9.59 Å². The van der Waals surface area contributed by atoms with Gasteiger partial charge >= 0.3 is 0 Å². The molecule has 0 aliphatic heterocycles. The second-order valence-corrected chi connectivity index (χ2v) is 7.88. The van der Waals surface area contributed by atoms with Gasteiger partial charge in [0.15, 0.2) is 5.11 Å². The molecule has 4 N–H and O–H groups in total. The molecule has 0 aliphatic rings. The van der Waals surface area contributed by atoms with Gasteiger partial charge in [-0.15, -0.1) is 0 Å². The van der Waals surface area contributed by atoms with Crippen LogP contribution in [0, 0.1) is 5.92 Å². The normalized spacial score (nSPS) is 12.1. The molecule has 27 heavy (non-hydrogen) atoms. The second-order valence-electron chi connectivity index (χ2n) is 7.47. The molecule has 0 heterocycles. The fraction of sp³-hybridized carbons (Fsp3) is 0.526. The lowest BCUT2D eigenvalue weighted by Gasteiger charge is -2.25. The zero-order valence-electron chi connectivity index (χ0n) is 16.8. The van der Waals surface area contributed by atoms with Gasteiger partial charge < -0.3 is 15.4 Å². The molecule has 0 spiro atoms. The van der Waals surface area contributed by atoms with Crippen LogP contribution in [0.15, 0.2) is 24.3 Å². The molecule has 7 nitrogen and oxygen atoms in total. The number of thiocarbonyl (C=S) groups is 1. The third-order valence-electron chi connectivity index (χ3n) is 3.45. The van der Waals surface area contributed by atoms with Crippen molar-refractivity contribution in [3.63, 3.8) is 0 Å². The number of hydrogen-bond donors (Lipinski definition) is 4. The van der Waals surface area contributed by atoms with Gasteiger partial charge in [0.25, 0.3) is 11.8 Å². The van der Waals surface area contributed by atoms with E-state index in [4.69, 9.17) is 17.0 Å². The zero-order chi connectivity index (χ0) is 20.6. The van der Waals surface area contributed by atoms with Crippen LogP contribution in [0.4, 0.5) is 0 Å². The van der Waals surface area contributed by atoms with Crippen LogP contribution in [0.2, 0.25) is 0 Å². The number of carbonyl (C=O) groups is 2. The molecule has 2 amide bonds. The first-order chi connectivity index (χ1) is 12.5. The molecule has 150 valence electrons. The highest BCUT2D eigenvalue weighted by Gasteiger charge is 2.25. The topological polar surface area (TPSA) is 91.5 Å². The first kappa shape index (κ1) is 22.7. The van der Waals surface area contributed by atoms with Crippen molar-refractivity contribution in [3.8, 4) is 5.75 Å². The maximum Gasteiger partial charge on any atom is 0.261 e. The molecule has 0 aromatic heterocycles. The zero-order valence-corrected chi connectivity index (χ0v) is 17.6. The quantitative estimate of drug-likeness (QED) is 0.436. The minimum absolute atomic E-state index is 0.109. The van der Waals surface area contributed by atoms with E-state index in [1.54, 1.807) is 24.3 Å². The first-order valence-electron chi connectivity index (χ1n) is 8.95. The molecule has 1 aromatic carbocycles. The highest BCUT2D eigenvalue weighted by atomic mass is 32.1. The molecule has 0 saturated carbocycles. The molecule has 1 aromatic rings. The molecule has 0 fully saturated rings. The summed E-state index contributed by atoms with van der Waals surface area (Å²) in [7, 11) is 0. The van der Waals surface area contributed by atoms with Gasteiger partial charge in [0.1, 0.15) is 11.8 Å². The van der Waals surface area contributed by atoms with Crippen molar-refractivity contribution >= 4 is 29.1 Å². The lowest BCUT2D eigenvalue weighted by molar-refractivity contribution is -0.124. The summed E-state index contributed by atoms with van der Waals surface area (Å²) in [6.07, 6.45) is 0. The van der Waals surface area contributed by atoms with Crippen molar-refractivity contribution in [2.75, 3.05) is 6.61 Å². The Labute approximate surface area is 166 Å². The Kier molecular flexibility index (Phi) is 8.49. The van der Waals surface area contributed by atoms with Gasteiger partial charge in [0, 0.05) is 11.1 Å². The van der Waals surface area contributed by atoms with Crippen molar-refractivity contribution in [2.45, 2.75) is 53.1 Å². The lowest BCUT2D eigenvalue weighted by atomic mass is 10.0. The van der Waals surface area contributed by atoms with Crippen LogP contribution in [0.25, 0.3) is 0 Å². The molecule has 0 bridgehead atoms. The maximum absolute atomic E-state index is 12.5. The van der Waals surface area contributed by atoms with Crippen molar-refractivity contribution in [2.24, 2.45) is 5.92 Å². The summed E-state index contributed by atoms with van der Waals surface area (Å²) in [5.74, 6) is -0.122. The summed E-state index contributed by atoms with van der Waals surface area (Å²) in [6.45, 7) is 12.0. The van der Waals surface area contributed by atoms with Crippen LogP contribution < -0.4 is 26.2 Å². The van der Waals surface area contributed by atoms with Crippen LogP contribution >= 0.6 is 12.2 Å². The molecule has 0 aliphatic carbocycles. The molecule has 0 unspecified atom stereocenters. The van der Waals surface area contributed by atoms with Crippen molar-refractivity contribution in [3.05, 3.63) is 29.8 Å². The van der Waals surface area contributed by atoms with Crippen molar-refractivity contribution in [1.82, 2.24) is 21.5 Å². The average molecular weight is 395 g/mol. The summed E-state index contributed by atoms with van der Waals surface area (Å²) in [5, 5.41) is 6.09. The number of amides is 2. The number of hydrogen-bond acceptors (Lipinski definition) is 4. The van der Waals surface area contributed by atoms with E-state index in [2.05, 4.69) is 21.5 Å². The maximum atomic E-state index is 12.5. The molecule has 1 atom stereocenters. The summed E-state index contributed by atoms with van der Waals surface area (Å²) >= 11 is 5.13. The predicted molar refractivity (Wildman–Crippen MR) is 110 cm³/mol. The average Bonchev–Trinajstić information content (AvgIpc) is 2.56. The van der Waals surface area contributed by atoms with Gasteiger partial charge in [-0.25, -0.2) is 0 Å². The first-order valence-corrected chi connectivity index (χ1v) is 9.36. The Bertz CT molecular complexity index is 654. The van der Waals surface area contributed by atoms with Gasteiger partial charge in [-0.1, -0.05) is 13.8 Å². The second kappa shape index (κ2) is 10.1. The Hall–Kier alpha value is -2.35. The third-order valence-corrected chi connectivity index (χ3v) is 3.66. The summed E-state index contributed by atoms with van der Waals surface area (Å²) in [6, 6.07) is 6.06. The number of ether oxygens (including phenoxy) is 1. The van der Waals surface area contributed by atoms with Crippen LogP contribution in [0.1, 0.15) is 51.9 Å². The standard InChI is InChI=1S/C19H30N4O3S/c1-7-26-14-10-8-13(9-11-14)16(24)20-15(12(2)3)17(25)22-23-18(27)21-19(4,5)6/h8-12,15H,7H2,1-6H3,(H,20,24)(H,22,25)(H2,21,23,27)/t15-/m0/s1. The fourth-order valence-electron chi connectivity index (χ4n) is 2.20. The van der Waals surface area contributed by atoms with Crippen molar-refractivity contribution < 1.29 is 14.3 Å². The van der Waals surface area contributed by atoms with E-state index < -0.39 is 6.04 Å². The Morgan fingerprint density at radius 2 is 1.70 bits per heavy atom. The SMILES string of the molecule is CCOc1ccc(C(=O)N[C@H](C(=O)NNC(=S)NC(C)(C)C)C(C)C)cc1. The van der Waals surface area contributed by atoms with E-state index in [-0.39, 0.29) is 23.3 Å². The largest absolute Gasteiger partial charge is 0.494 e. The number of benzene rings is 1. The smallest absolute Gasteiger partial charge is 0.261 e. The van der Waals surface area contributed by atoms with Gasteiger partial charge in [-0.2, -0.15) is 0 Å². The van der Waals surface area contributed by atoms with Crippen LogP contribution in [0.5, 0.6) is 5.75 Å². The molecule has 8 heteroatoms. The van der Waals surface area contributed by atoms with Gasteiger partial charge in [0.2, 0.25) is 0 Å². The van der Waals surface area contributed by atoms with Gasteiger partial charge in [0.05, 0.1) is 6.61 Å². The lowest BCUT2D eigenvalue weighted by Crippen LogP contribution is -2.57. The molecular weight excluding hydrogens is 364 g/mol.